The summed E-state index contributed by atoms with van der Waals surface area (Å²) < 4.78 is 5.20. The molecule has 0 spiro atoms. The number of rotatable bonds is 6. The zero-order valence-electron chi connectivity index (χ0n) is 14.8. The Kier molecular flexibility index (Phi) is 5.00. The van der Waals surface area contributed by atoms with Gasteiger partial charge in [-0.05, 0) is 25.7 Å². The van der Waals surface area contributed by atoms with Gasteiger partial charge in [0.2, 0.25) is 5.76 Å². The summed E-state index contributed by atoms with van der Waals surface area (Å²) in [5.41, 5.74) is 1.56. The van der Waals surface area contributed by atoms with Crippen molar-refractivity contribution >= 4 is 17.2 Å². The third kappa shape index (κ3) is 4.06. The van der Waals surface area contributed by atoms with Gasteiger partial charge in [0, 0.05) is 24.1 Å². The van der Waals surface area contributed by atoms with Crippen LogP contribution in [0.1, 0.15) is 46.4 Å². The Bertz CT molecular complexity index is 916. The zero-order valence-corrected chi connectivity index (χ0v) is 15.6. The predicted molar refractivity (Wildman–Crippen MR) is 100 cm³/mol. The lowest BCUT2D eigenvalue weighted by molar-refractivity contribution is 0.0852. The molecule has 2 heterocycles. The highest BCUT2D eigenvalue weighted by Gasteiger charge is 2.32. The quantitative estimate of drug-likeness (QED) is 0.677. The van der Waals surface area contributed by atoms with Crippen molar-refractivity contribution in [2.75, 3.05) is 0 Å². The fourth-order valence-corrected chi connectivity index (χ4v) is 4.06. The van der Waals surface area contributed by atoms with Crippen molar-refractivity contribution in [3.8, 4) is 11.3 Å². The van der Waals surface area contributed by atoms with Gasteiger partial charge in [0.25, 0.3) is 5.91 Å². The molecule has 140 valence electrons. The molecule has 1 saturated carbocycles. The number of benzene rings is 1. The summed E-state index contributed by atoms with van der Waals surface area (Å²) >= 11 is 1.45. The van der Waals surface area contributed by atoms with E-state index in [1.807, 2.05) is 30.3 Å². The minimum Gasteiger partial charge on any atom is -0.386 e. The third-order valence-electron chi connectivity index (χ3n) is 4.68. The molecule has 1 aromatic carbocycles. The molecule has 1 unspecified atom stereocenters. The van der Waals surface area contributed by atoms with Crippen LogP contribution in [0.25, 0.3) is 11.3 Å². The first-order valence-electron chi connectivity index (χ1n) is 8.92. The second kappa shape index (κ2) is 7.58. The number of aromatic nitrogens is 3. The molecule has 2 aromatic heterocycles. The molecule has 27 heavy (non-hydrogen) atoms. The van der Waals surface area contributed by atoms with Crippen LogP contribution in [0.3, 0.4) is 0 Å². The fourth-order valence-electron chi connectivity index (χ4n) is 3.17. The number of aliphatic hydroxyl groups excluding tert-OH is 1. The normalized spacial score (nSPS) is 20.1. The van der Waals surface area contributed by atoms with E-state index in [1.165, 1.54) is 11.3 Å². The van der Waals surface area contributed by atoms with E-state index >= 15 is 0 Å². The summed E-state index contributed by atoms with van der Waals surface area (Å²) in [5, 5.41) is 26.2. The van der Waals surface area contributed by atoms with E-state index in [0.29, 0.717) is 16.6 Å². The average Bonchev–Trinajstić information content (AvgIpc) is 3.30. The second-order valence-corrected chi connectivity index (χ2v) is 7.96. The first-order chi connectivity index (χ1) is 13.1. The molecule has 0 aliphatic heterocycles. The van der Waals surface area contributed by atoms with Gasteiger partial charge < -0.3 is 14.9 Å². The Balaban J connectivity index is 1.27. The summed E-state index contributed by atoms with van der Waals surface area (Å²) in [6.45, 7) is 1.69. The Morgan fingerprint density at radius 3 is 2.81 bits per heavy atom. The van der Waals surface area contributed by atoms with E-state index in [9.17, 15) is 9.90 Å². The number of hydrogen-bond donors (Lipinski definition) is 2. The smallest absolute Gasteiger partial charge is 0.290 e. The van der Waals surface area contributed by atoms with E-state index in [4.69, 9.17) is 4.52 Å². The molecular formula is C19H20N4O3S. The summed E-state index contributed by atoms with van der Waals surface area (Å²) in [7, 11) is 0. The lowest BCUT2D eigenvalue weighted by Gasteiger charge is -2.35. The number of carbonyl (C=O) groups excluding carboxylic acids is 1. The number of carbonyl (C=O) groups is 1. The minimum absolute atomic E-state index is 0.136. The lowest BCUT2D eigenvalue weighted by Crippen LogP contribution is -2.44. The van der Waals surface area contributed by atoms with Crippen LogP contribution in [0.2, 0.25) is 0 Å². The van der Waals surface area contributed by atoms with Crippen molar-refractivity contribution < 1.29 is 14.4 Å². The van der Waals surface area contributed by atoms with Crippen LogP contribution in [0, 0.1) is 5.92 Å². The number of aliphatic hydroxyl groups is 1. The molecule has 1 amide bonds. The standard InChI is InChI=1S/C19H20N4O3S/c1-11(24)19-22-21-17(27-19)9-12-7-14(8-12)20-18(25)16-10-15(23-26-16)13-5-3-2-4-6-13/h2-6,10-12,14,24H,7-9H2,1H3,(H,20,25). The Morgan fingerprint density at radius 2 is 2.11 bits per heavy atom. The van der Waals surface area contributed by atoms with E-state index in [1.54, 1.807) is 13.0 Å². The van der Waals surface area contributed by atoms with Crippen molar-refractivity contribution in [3.05, 3.63) is 52.2 Å². The fraction of sp³-hybridized carbons (Fsp3) is 0.368. The average molecular weight is 384 g/mol. The topological polar surface area (TPSA) is 101 Å². The van der Waals surface area contributed by atoms with E-state index in [2.05, 4.69) is 20.7 Å². The Morgan fingerprint density at radius 1 is 1.33 bits per heavy atom. The number of amides is 1. The van der Waals surface area contributed by atoms with Gasteiger partial charge in [-0.15, -0.1) is 10.2 Å². The third-order valence-corrected chi connectivity index (χ3v) is 5.79. The summed E-state index contributed by atoms with van der Waals surface area (Å²) in [4.78, 5) is 12.3. The molecule has 0 saturated heterocycles. The summed E-state index contributed by atoms with van der Waals surface area (Å²) in [6, 6.07) is 11.4. The van der Waals surface area contributed by atoms with Gasteiger partial charge in [-0.1, -0.05) is 46.8 Å². The predicted octanol–water partition coefficient (Wildman–Crippen LogP) is 3.00. The SMILES string of the molecule is CC(O)c1nnc(CC2CC(NC(=O)c3cc(-c4ccccc4)no3)C2)s1. The molecule has 1 atom stereocenters. The molecule has 1 aliphatic carbocycles. The highest BCUT2D eigenvalue weighted by molar-refractivity contribution is 7.11. The molecule has 8 heteroatoms. The maximum atomic E-state index is 12.3. The van der Waals surface area contributed by atoms with Crippen LogP contribution in [0.5, 0.6) is 0 Å². The first kappa shape index (κ1) is 17.8. The van der Waals surface area contributed by atoms with Gasteiger partial charge in [0.15, 0.2) is 0 Å². The molecular weight excluding hydrogens is 364 g/mol. The Hall–Kier alpha value is -2.58. The molecule has 0 radical (unpaired) electrons. The number of nitrogens with zero attached hydrogens (tertiary/aromatic N) is 3. The van der Waals surface area contributed by atoms with Crippen molar-refractivity contribution in [3.63, 3.8) is 0 Å². The van der Waals surface area contributed by atoms with E-state index < -0.39 is 6.10 Å². The zero-order chi connectivity index (χ0) is 18.8. The second-order valence-electron chi connectivity index (χ2n) is 6.86. The maximum Gasteiger partial charge on any atom is 0.290 e. The number of nitrogens with one attached hydrogen (secondary N) is 1. The molecule has 7 nitrogen and oxygen atoms in total. The van der Waals surface area contributed by atoms with Crippen LogP contribution in [0.15, 0.2) is 40.9 Å². The highest BCUT2D eigenvalue weighted by Crippen LogP contribution is 2.32. The molecule has 1 fully saturated rings. The van der Waals surface area contributed by atoms with Crippen molar-refractivity contribution in [1.29, 1.82) is 0 Å². The van der Waals surface area contributed by atoms with Crippen LogP contribution in [-0.2, 0) is 6.42 Å². The molecule has 0 bridgehead atoms. The van der Waals surface area contributed by atoms with Crippen LogP contribution >= 0.6 is 11.3 Å². The van der Waals surface area contributed by atoms with Gasteiger partial charge in [0.05, 0.1) is 0 Å². The van der Waals surface area contributed by atoms with E-state index in [0.717, 1.165) is 29.8 Å². The number of hydrogen-bond acceptors (Lipinski definition) is 7. The van der Waals surface area contributed by atoms with Gasteiger partial charge in [0.1, 0.15) is 21.8 Å². The first-order valence-corrected chi connectivity index (χ1v) is 9.73. The largest absolute Gasteiger partial charge is 0.386 e. The van der Waals surface area contributed by atoms with Crippen LogP contribution in [0.4, 0.5) is 0 Å². The van der Waals surface area contributed by atoms with Gasteiger partial charge in [-0.3, -0.25) is 4.79 Å². The summed E-state index contributed by atoms with van der Waals surface area (Å²) in [6.07, 6.45) is 2.05. The summed E-state index contributed by atoms with van der Waals surface area (Å²) in [5.74, 6) is 0.461. The van der Waals surface area contributed by atoms with E-state index in [-0.39, 0.29) is 17.7 Å². The Labute approximate surface area is 160 Å². The molecule has 3 aromatic rings. The molecule has 2 N–H and O–H groups in total. The van der Waals surface area contributed by atoms with Gasteiger partial charge in [-0.2, -0.15) is 0 Å². The maximum absolute atomic E-state index is 12.3. The van der Waals surface area contributed by atoms with Crippen molar-refractivity contribution in [1.82, 2.24) is 20.7 Å². The highest BCUT2D eigenvalue weighted by atomic mass is 32.1. The lowest BCUT2D eigenvalue weighted by atomic mass is 9.78. The minimum atomic E-state index is -0.577. The monoisotopic (exact) mass is 384 g/mol. The molecule has 1 aliphatic rings. The van der Waals surface area contributed by atoms with Crippen LogP contribution < -0.4 is 5.32 Å². The van der Waals surface area contributed by atoms with Crippen molar-refractivity contribution in [2.45, 2.75) is 38.3 Å². The van der Waals surface area contributed by atoms with Crippen LogP contribution in [-0.4, -0.2) is 32.4 Å². The molecule has 4 rings (SSSR count). The van der Waals surface area contributed by atoms with Gasteiger partial charge >= 0.3 is 0 Å². The van der Waals surface area contributed by atoms with Gasteiger partial charge in [-0.25, -0.2) is 0 Å². The van der Waals surface area contributed by atoms with Crippen molar-refractivity contribution in [2.24, 2.45) is 5.92 Å².